The second-order valence-corrected chi connectivity index (χ2v) is 6.26. The van der Waals surface area contributed by atoms with Gasteiger partial charge in [-0.3, -0.25) is 4.79 Å². The van der Waals surface area contributed by atoms with Crippen molar-refractivity contribution in [1.82, 2.24) is 5.32 Å². The van der Waals surface area contributed by atoms with E-state index in [2.05, 4.69) is 44.3 Å². The first-order valence-corrected chi connectivity index (χ1v) is 8.76. The SMILES string of the molecule is CCC(NC(=O)/C=C/c1ccc(OC)c(OC)c1)c1ccc(C)c(C)c1. The standard InChI is InChI=1S/C22H27NO3/c1-6-19(18-10-7-15(2)16(3)13-18)23-22(24)12-9-17-8-11-20(25-4)21(14-17)26-5/h7-14,19H,6H2,1-5H3,(H,23,24)/b12-9+. The normalized spacial score (nSPS) is 12.0. The Morgan fingerprint density at radius 2 is 1.77 bits per heavy atom. The van der Waals surface area contributed by atoms with Gasteiger partial charge in [0.1, 0.15) is 0 Å². The monoisotopic (exact) mass is 353 g/mol. The van der Waals surface area contributed by atoms with Gasteiger partial charge in [0.05, 0.1) is 20.3 Å². The zero-order valence-corrected chi connectivity index (χ0v) is 16.1. The predicted molar refractivity (Wildman–Crippen MR) is 106 cm³/mol. The maximum Gasteiger partial charge on any atom is 0.244 e. The van der Waals surface area contributed by atoms with Crippen molar-refractivity contribution in [1.29, 1.82) is 0 Å². The van der Waals surface area contributed by atoms with Crippen molar-refractivity contribution in [2.45, 2.75) is 33.2 Å². The lowest BCUT2D eigenvalue weighted by atomic mass is 9.99. The van der Waals surface area contributed by atoms with Crippen LogP contribution >= 0.6 is 0 Å². The molecule has 0 aliphatic rings. The van der Waals surface area contributed by atoms with E-state index in [9.17, 15) is 4.79 Å². The van der Waals surface area contributed by atoms with Crippen LogP contribution in [-0.2, 0) is 4.79 Å². The first kappa shape index (κ1) is 19.6. The molecule has 1 atom stereocenters. The highest BCUT2D eigenvalue weighted by Gasteiger charge is 2.12. The van der Waals surface area contributed by atoms with Crippen LogP contribution in [0.15, 0.2) is 42.5 Å². The molecule has 0 aliphatic carbocycles. The van der Waals surface area contributed by atoms with Crippen LogP contribution in [0.25, 0.3) is 6.08 Å². The van der Waals surface area contributed by atoms with Crippen LogP contribution in [0.2, 0.25) is 0 Å². The van der Waals surface area contributed by atoms with Gasteiger partial charge >= 0.3 is 0 Å². The molecule has 0 saturated carbocycles. The predicted octanol–water partition coefficient (Wildman–Crippen LogP) is 4.60. The molecule has 2 aromatic rings. The lowest BCUT2D eigenvalue weighted by Crippen LogP contribution is -2.26. The molecular weight excluding hydrogens is 326 g/mol. The van der Waals surface area contributed by atoms with E-state index in [1.165, 1.54) is 11.1 Å². The molecule has 0 fully saturated rings. The van der Waals surface area contributed by atoms with Crippen molar-refractivity contribution >= 4 is 12.0 Å². The Morgan fingerprint density at radius 1 is 1.04 bits per heavy atom. The summed E-state index contributed by atoms with van der Waals surface area (Å²) in [6, 6.07) is 11.8. The number of carbonyl (C=O) groups is 1. The smallest absolute Gasteiger partial charge is 0.244 e. The molecule has 1 amide bonds. The first-order chi connectivity index (χ1) is 12.5. The zero-order valence-electron chi connectivity index (χ0n) is 16.1. The molecule has 0 bridgehead atoms. The van der Waals surface area contributed by atoms with Gasteiger partial charge in [-0.05, 0) is 60.7 Å². The molecule has 0 aromatic heterocycles. The zero-order chi connectivity index (χ0) is 19.1. The first-order valence-electron chi connectivity index (χ1n) is 8.76. The molecule has 1 unspecified atom stereocenters. The van der Waals surface area contributed by atoms with E-state index in [1.807, 2.05) is 18.2 Å². The molecule has 4 heteroatoms. The van der Waals surface area contributed by atoms with E-state index >= 15 is 0 Å². The summed E-state index contributed by atoms with van der Waals surface area (Å²) in [5.74, 6) is 1.18. The molecule has 2 aromatic carbocycles. The number of hydrogen-bond acceptors (Lipinski definition) is 3. The second kappa shape index (κ2) is 9.09. The van der Waals surface area contributed by atoms with Crippen molar-refractivity contribution in [2.75, 3.05) is 14.2 Å². The Morgan fingerprint density at radius 3 is 2.38 bits per heavy atom. The van der Waals surface area contributed by atoms with Crippen LogP contribution in [0, 0.1) is 13.8 Å². The van der Waals surface area contributed by atoms with Crippen molar-refractivity contribution in [2.24, 2.45) is 0 Å². The van der Waals surface area contributed by atoms with Gasteiger partial charge in [0, 0.05) is 6.08 Å². The quantitative estimate of drug-likeness (QED) is 0.740. The average molecular weight is 353 g/mol. The third kappa shape index (κ3) is 4.88. The second-order valence-electron chi connectivity index (χ2n) is 6.26. The molecule has 4 nitrogen and oxygen atoms in total. The Hall–Kier alpha value is -2.75. The van der Waals surface area contributed by atoms with E-state index < -0.39 is 0 Å². The number of hydrogen-bond donors (Lipinski definition) is 1. The Bertz CT molecular complexity index is 796. The third-order valence-electron chi connectivity index (χ3n) is 4.49. The summed E-state index contributed by atoms with van der Waals surface area (Å²) in [6.07, 6.45) is 4.15. The van der Waals surface area contributed by atoms with Crippen LogP contribution < -0.4 is 14.8 Å². The highest BCUT2D eigenvalue weighted by Crippen LogP contribution is 2.28. The van der Waals surface area contributed by atoms with Crippen LogP contribution in [0.4, 0.5) is 0 Å². The van der Waals surface area contributed by atoms with Gasteiger partial charge in [-0.1, -0.05) is 31.2 Å². The van der Waals surface area contributed by atoms with Gasteiger partial charge in [0.2, 0.25) is 5.91 Å². The number of ether oxygens (including phenoxy) is 2. The van der Waals surface area contributed by atoms with E-state index in [0.717, 1.165) is 17.5 Å². The van der Waals surface area contributed by atoms with Crippen LogP contribution in [0.5, 0.6) is 11.5 Å². The van der Waals surface area contributed by atoms with Gasteiger partial charge in [-0.2, -0.15) is 0 Å². The minimum absolute atomic E-state index is 0.00291. The Labute approximate surface area is 155 Å². The Balaban J connectivity index is 2.08. The van der Waals surface area contributed by atoms with E-state index in [4.69, 9.17) is 9.47 Å². The number of amides is 1. The minimum Gasteiger partial charge on any atom is -0.493 e. The number of aryl methyl sites for hydroxylation is 2. The summed E-state index contributed by atoms with van der Waals surface area (Å²) in [6.45, 7) is 6.24. The van der Waals surface area contributed by atoms with E-state index in [-0.39, 0.29) is 11.9 Å². The highest BCUT2D eigenvalue weighted by molar-refractivity contribution is 5.92. The largest absolute Gasteiger partial charge is 0.493 e. The fourth-order valence-electron chi connectivity index (χ4n) is 2.75. The molecule has 26 heavy (non-hydrogen) atoms. The Kier molecular flexibility index (Phi) is 6.84. The average Bonchev–Trinajstić information content (AvgIpc) is 2.66. The van der Waals surface area contributed by atoms with E-state index in [0.29, 0.717) is 11.5 Å². The van der Waals surface area contributed by atoms with Crippen LogP contribution in [0.1, 0.15) is 41.6 Å². The minimum atomic E-state index is -0.120. The summed E-state index contributed by atoms with van der Waals surface area (Å²) in [4.78, 5) is 12.3. The lowest BCUT2D eigenvalue weighted by Gasteiger charge is -2.17. The molecule has 1 N–H and O–H groups in total. The fourth-order valence-corrected chi connectivity index (χ4v) is 2.75. The number of benzene rings is 2. The summed E-state index contributed by atoms with van der Waals surface area (Å²) in [7, 11) is 3.19. The van der Waals surface area contributed by atoms with Crippen LogP contribution in [0.3, 0.4) is 0 Å². The van der Waals surface area contributed by atoms with Crippen molar-refractivity contribution in [3.05, 3.63) is 64.7 Å². The van der Waals surface area contributed by atoms with E-state index in [1.54, 1.807) is 26.4 Å². The van der Waals surface area contributed by atoms with Gasteiger partial charge in [-0.25, -0.2) is 0 Å². The summed E-state index contributed by atoms with van der Waals surface area (Å²) >= 11 is 0. The number of nitrogens with one attached hydrogen (secondary N) is 1. The van der Waals surface area contributed by atoms with Crippen molar-refractivity contribution in [3.8, 4) is 11.5 Å². The maximum absolute atomic E-state index is 12.3. The van der Waals surface area contributed by atoms with Crippen LogP contribution in [-0.4, -0.2) is 20.1 Å². The topological polar surface area (TPSA) is 47.6 Å². The molecule has 0 saturated heterocycles. The summed E-state index contributed by atoms with van der Waals surface area (Å²) < 4.78 is 10.5. The molecular formula is C22H27NO3. The summed E-state index contributed by atoms with van der Waals surface area (Å²) in [5.41, 5.74) is 4.49. The lowest BCUT2D eigenvalue weighted by molar-refractivity contribution is -0.117. The van der Waals surface area contributed by atoms with Crippen molar-refractivity contribution < 1.29 is 14.3 Å². The fraction of sp³-hybridized carbons (Fsp3) is 0.318. The number of rotatable bonds is 7. The molecule has 0 aliphatic heterocycles. The van der Waals surface area contributed by atoms with Gasteiger partial charge in [-0.15, -0.1) is 0 Å². The van der Waals surface area contributed by atoms with Gasteiger partial charge in [0.25, 0.3) is 0 Å². The molecule has 138 valence electrons. The molecule has 0 radical (unpaired) electrons. The van der Waals surface area contributed by atoms with Gasteiger partial charge in [0.15, 0.2) is 11.5 Å². The van der Waals surface area contributed by atoms with Crippen molar-refractivity contribution in [3.63, 3.8) is 0 Å². The highest BCUT2D eigenvalue weighted by atomic mass is 16.5. The number of carbonyl (C=O) groups excluding carboxylic acids is 1. The summed E-state index contributed by atoms with van der Waals surface area (Å²) in [5, 5.41) is 3.07. The third-order valence-corrected chi connectivity index (χ3v) is 4.49. The number of methoxy groups -OCH3 is 2. The molecule has 0 heterocycles. The van der Waals surface area contributed by atoms with Gasteiger partial charge < -0.3 is 14.8 Å². The maximum atomic E-state index is 12.3. The molecule has 2 rings (SSSR count). The molecule has 0 spiro atoms.